The molecule has 3 aromatic carbocycles. The summed E-state index contributed by atoms with van der Waals surface area (Å²) >= 11 is 1.76. The number of aromatic nitrogens is 3. The number of benzene rings is 3. The Hall–Kier alpha value is -3.70. The summed E-state index contributed by atoms with van der Waals surface area (Å²) in [6, 6.07) is 31.0. The minimum atomic E-state index is 0. The minimum absolute atomic E-state index is 0. The van der Waals surface area contributed by atoms with Crippen LogP contribution in [0.25, 0.3) is 54.7 Å². The first-order valence-corrected chi connectivity index (χ1v) is 15.3. The fraction of sp³-hybridized carbons (Fsp3) is 0.237. The van der Waals surface area contributed by atoms with Gasteiger partial charge in [0.2, 0.25) is 0 Å². The Bertz CT molecular complexity index is 2050. The van der Waals surface area contributed by atoms with Crippen molar-refractivity contribution in [2.75, 3.05) is 0 Å². The number of hydrogen-bond donors (Lipinski definition) is 0. The Kier molecular flexibility index (Phi) is 8.91. The Morgan fingerprint density at radius 1 is 0.773 bits per heavy atom. The summed E-state index contributed by atoms with van der Waals surface area (Å²) in [6.07, 6.45) is 3.75. The molecule has 0 spiro atoms. The van der Waals surface area contributed by atoms with Crippen molar-refractivity contribution >= 4 is 43.5 Å². The quantitative estimate of drug-likeness (QED) is 0.164. The van der Waals surface area contributed by atoms with E-state index in [4.69, 9.17) is 9.40 Å². The van der Waals surface area contributed by atoms with Gasteiger partial charge in [-0.15, -0.1) is 65.4 Å². The van der Waals surface area contributed by atoms with Gasteiger partial charge in [0.15, 0.2) is 0 Å². The first-order chi connectivity index (χ1) is 20.5. The van der Waals surface area contributed by atoms with Gasteiger partial charge in [-0.3, -0.25) is 0 Å². The van der Waals surface area contributed by atoms with Gasteiger partial charge in [0.05, 0.1) is 20.8 Å². The molecule has 0 fully saturated rings. The van der Waals surface area contributed by atoms with Gasteiger partial charge in [0.1, 0.15) is 5.58 Å². The third-order valence-electron chi connectivity index (χ3n) is 7.36. The number of pyridine rings is 2. The van der Waals surface area contributed by atoms with E-state index < -0.39 is 0 Å². The van der Waals surface area contributed by atoms with Crippen molar-refractivity contribution in [2.45, 2.75) is 59.3 Å². The fourth-order valence-electron chi connectivity index (χ4n) is 4.89. The maximum absolute atomic E-state index is 6.36. The molecule has 0 N–H and O–H groups in total. The number of rotatable bonds is 2. The number of aryl methyl sites for hydroxylation is 1. The topological polar surface area (TPSA) is 51.8 Å². The molecule has 6 heteroatoms. The van der Waals surface area contributed by atoms with Crippen LogP contribution in [0.1, 0.15) is 57.7 Å². The zero-order valence-electron chi connectivity index (χ0n) is 26.1. The van der Waals surface area contributed by atoms with E-state index in [1.165, 1.54) is 15.8 Å². The molecule has 1 radical (unpaired) electrons. The van der Waals surface area contributed by atoms with Crippen LogP contribution < -0.4 is 0 Å². The van der Waals surface area contributed by atoms with E-state index in [0.717, 1.165) is 55.0 Å². The smallest absolute Gasteiger partial charge is 0.123 e. The van der Waals surface area contributed by atoms with E-state index in [-0.39, 0.29) is 30.9 Å². The molecule has 0 aliphatic rings. The maximum Gasteiger partial charge on any atom is 0.123 e. The van der Waals surface area contributed by atoms with Gasteiger partial charge >= 0.3 is 0 Å². The van der Waals surface area contributed by atoms with Gasteiger partial charge in [-0.2, -0.15) is 0 Å². The van der Waals surface area contributed by atoms with Crippen LogP contribution in [0.4, 0.5) is 0 Å². The molecule has 0 saturated carbocycles. The number of hydrogen-bond acceptors (Lipinski definition) is 5. The summed E-state index contributed by atoms with van der Waals surface area (Å²) in [4.78, 5) is 13.8. The molecular formula is C38H35IrN3OS-2. The molecule has 0 aliphatic carbocycles. The number of thiazole rings is 1. The molecule has 0 amide bonds. The van der Waals surface area contributed by atoms with Crippen LogP contribution in [0, 0.1) is 19.1 Å². The summed E-state index contributed by atoms with van der Waals surface area (Å²) < 4.78 is 7.55. The second-order valence-corrected chi connectivity index (χ2v) is 14.0. The number of nitrogens with zero attached hydrogens (tertiary/aromatic N) is 3. The summed E-state index contributed by atoms with van der Waals surface area (Å²) in [5.74, 6) is 0. The Morgan fingerprint density at radius 3 is 2.27 bits per heavy atom. The van der Waals surface area contributed by atoms with Crippen molar-refractivity contribution in [3.63, 3.8) is 0 Å². The molecule has 4 heterocycles. The van der Waals surface area contributed by atoms with Gasteiger partial charge in [-0.25, -0.2) is 4.98 Å². The van der Waals surface area contributed by atoms with Crippen LogP contribution in [-0.4, -0.2) is 15.0 Å². The SMILES string of the molecule is CC(C)(C)c1ccnc(-c2[c-]ccc3c2oc2cc4nc(C(C)(C)C)sc4cc23)c1.Cc1ccc(-c2[c-]cccc2)nc1.[Ir]. The van der Waals surface area contributed by atoms with Crippen molar-refractivity contribution in [3.05, 3.63) is 113 Å². The van der Waals surface area contributed by atoms with Crippen molar-refractivity contribution in [1.82, 2.24) is 15.0 Å². The van der Waals surface area contributed by atoms with Gasteiger partial charge < -0.3 is 14.4 Å². The van der Waals surface area contributed by atoms with Gasteiger partial charge in [0.25, 0.3) is 0 Å². The maximum atomic E-state index is 6.36. The first kappa shape index (κ1) is 31.7. The largest absolute Gasteiger partial charge is 0.501 e. The van der Waals surface area contributed by atoms with Crippen LogP contribution in [0.3, 0.4) is 0 Å². The van der Waals surface area contributed by atoms with Gasteiger partial charge in [-0.05, 0) is 47.0 Å². The Morgan fingerprint density at radius 2 is 1.59 bits per heavy atom. The summed E-state index contributed by atoms with van der Waals surface area (Å²) in [5.41, 5.74) is 9.02. The minimum Gasteiger partial charge on any atom is -0.501 e. The predicted octanol–water partition coefficient (Wildman–Crippen LogP) is 10.5. The molecule has 0 aliphatic heterocycles. The number of fused-ring (bicyclic) bond motifs is 4. The zero-order chi connectivity index (χ0) is 30.4. The second-order valence-electron chi connectivity index (χ2n) is 13.0. The van der Waals surface area contributed by atoms with E-state index in [1.807, 2.05) is 55.7 Å². The molecule has 0 atom stereocenters. The Labute approximate surface area is 277 Å². The molecule has 4 aromatic heterocycles. The van der Waals surface area contributed by atoms with Crippen LogP contribution in [0.2, 0.25) is 0 Å². The zero-order valence-corrected chi connectivity index (χ0v) is 29.3. The third-order valence-corrected chi connectivity index (χ3v) is 8.81. The van der Waals surface area contributed by atoms with Crippen molar-refractivity contribution < 1.29 is 24.5 Å². The molecule has 7 aromatic rings. The van der Waals surface area contributed by atoms with Crippen molar-refractivity contribution in [3.8, 4) is 22.5 Å². The standard InChI is InChI=1S/C26H25N2OS.C12H10N.Ir/c1-25(2,3)15-10-11-27-19(12-15)17-9-7-8-16-18-13-22-20(14-21(18)29-23(16)17)28-24(30-22)26(4,5)6;1-10-7-8-12(13-9-10)11-5-3-2-4-6-11;/h7-8,10-14H,1-6H3;2-5,7-9H,1H3;/q2*-1;. The average Bonchev–Trinajstić information content (AvgIpc) is 3.58. The van der Waals surface area contributed by atoms with Crippen LogP contribution in [0.15, 0.2) is 89.6 Å². The van der Waals surface area contributed by atoms with E-state index in [2.05, 4.69) is 100 Å². The summed E-state index contributed by atoms with van der Waals surface area (Å²) in [5, 5.41) is 3.35. The normalized spacial score (nSPS) is 11.8. The first-order valence-electron chi connectivity index (χ1n) is 14.5. The van der Waals surface area contributed by atoms with E-state index in [0.29, 0.717) is 0 Å². The number of furan rings is 1. The van der Waals surface area contributed by atoms with E-state index in [1.54, 1.807) is 11.3 Å². The van der Waals surface area contributed by atoms with Crippen molar-refractivity contribution in [1.29, 1.82) is 0 Å². The molecule has 4 nitrogen and oxygen atoms in total. The molecule has 7 rings (SSSR count). The molecule has 0 unspecified atom stereocenters. The Balaban J connectivity index is 0.000000230. The molecule has 0 bridgehead atoms. The van der Waals surface area contributed by atoms with Crippen molar-refractivity contribution in [2.24, 2.45) is 0 Å². The van der Waals surface area contributed by atoms with E-state index in [9.17, 15) is 0 Å². The molecular weight excluding hydrogens is 739 g/mol. The predicted molar refractivity (Wildman–Crippen MR) is 180 cm³/mol. The second kappa shape index (κ2) is 12.4. The molecule has 0 saturated heterocycles. The van der Waals surface area contributed by atoms with E-state index >= 15 is 0 Å². The summed E-state index contributed by atoms with van der Waals surface area (Å²) in [7, 11) is 0. The fourth-order valence-corrected chi connectivity index (χ4v) is 5.93. The molecule has 44 heavy (non-hydrogen) atoms. The van der Waals surface area contributed by atoms with Gasteiger partial charge in [0, 0.05) is 49.4 Å². The van der Waals surface area contributed by atoms with Crippen LogP contribution in [0.5, 0.6) is 0 Å². The molecule has 225 valence electrons. The average molecular weight is 774 g/mol. The summed E-state index contributed by atoms with van der Waals surface area (Å²) in [6.45, 7) is 15.3. The van der Waals surface area contributed by atoms with Crippen LogP contribution >= 0.6 is 11.3 Å². The monoisotopic (exact) mass is 774 g/mol. The van der Waals surface area contributed by atoms with Gasteiger partial charge in [-0.1, -0.05) is 70.7 Å². The third kappa shape index (κ3) is 6.53. The van der Waals surface area contributed by atoms with Crippen LogP contribution in [-0.2, 0) is 30.9 Å².